The summed E-state index contributed by atoms with van der Waals surface area (Å²) in [6, 6.07) is 0.851. The molecule has 0 amide bonds. The summed E-state index contributed by atoms with van der Waals surface area (Å²) >= 11 is 5.63. The van der Waals surface area contributed by atoms with E-state index in [1.165, 1.54) is 0 Å². The van der Waals surface area contributed by atoms with Gasteiger partial charge >= 0.3 is 6.18 Å². The number of anilines is 1. The third-order valence-corrected chi connectivity index (χ3v) is 2.93. The number of rotatable bonds is 6. The van der Waals surface area contributed by atoms with Crippen molar-refractivity contribution in [2.24, 2.45) is 5.41 Å². The Kier molecular flexibility index (Phi) is 5.40. The summed E-state index contributed by atoms with van der Waals surface area (Å²) in [4.78, 5) is 7.24. The summed E-state index contributed by atoms with van der Waals surface area (Å²) in [5, 5.41) is 2.84. The molecule has 7 heteroatoms. The summed E-state index contributed by atoms with van der Waals surface area (Å²) in [6.45, 7) is 4.52. The van der Waals surface area contributed by atoms with Gasteiger partial charge in [0.05, 0.1) is 0 Å². The van der Waals surface area contributed by atoms with E-state index in [-0.39, 0.29) is 11.4 Å². The normalized spacial score (nSPS) is 12.5. The molecule has 1 N–H and O–H groups in total. The topological polar surface area (TPSA) is 37.8 Å². The second-order valence-corrected chi connectivity index (χ2v) is 5.45. The van der Waals surface area contributed by atoms with Gasteiger partial charge in [-0.1, -0.05) is 13.8 Å². The van der Waals surface area contributed by atoms with Crippen LogP contribution in [0.15, 0.2) is 12.3 Å². The van der Waals surface area contributed by atoms with Gasteiger partial charge in [0.2, 0.25) is 5.95 Å². The smallest absolute Gasteiger partial charge is 0.354 e. The molecule has 0 aliphatic carbocycles. The average molecular weight is 296 g/mol. The largest absolute Gasteiger partial charge is 0.433 e. The first-order valence-corrected chi connectivity index (χ1v) is 6.48. The predicted molar refractivity (Wildman–Crippen MR) is 69.3 cm³/mol. The van der Waals surface area contributed by atoms with Gasteiger partial charge in [0.15, 0.2) is 0 Å². The molecule has 0 bridgehead atoms. The highest BCUT2D eigenvalue weighted by Gasteiger charge is 2.32. The molecule has 0 fully saturated rings. The molecular formula is C12H17ClF3N3. The van der Waals surface area contributed by atoms with E-state index in [0.717, 1.165) is 25.1 Å². The van der Waals surface area contributed by atoms with Gasteiger partial charge in [-0.2, -0.15) is 13.2 Å². The zero-order chi connectivity index (χ0) is 14.5. The monoisotopic (exact) mass is 295 g/mol. The highest BCUT2D eigenvalue weighted by atomic mass is 35.5. The number of hydrogen-bond acceptors (Lipinski definition) is 3. The van der Waals surface area contributed by atoms with Crippen LogP contribution in [0.3, 0.4) is 0 Å². The van der Waals surface area contributed by atoms with Crippen LogP contribution in [-0.2, 0) is 6.18 Å². The van der Waals surface area contributed by atoms with Crippen molar-refractivity contribution in [1.29, 1.82) is 0 Å². The van der Waals surface area contributed by atoms with Crippen molar-refractivity contribution in [3.63, 3.8) is 0 Å². The van der Waals surface area contributed by atoms with Gasteiger partial charge in [0.25, 0.3) is 0 Å². The van der Waals surface area contributed by atoms with Gasteiger partial charge in [0, 0.05) is 18.6 Å². The van der Waals surface area contributed by atoms with E-state index < -0.39 is 11.9 Å². The van der Waals surface area contributed by atoms with Crippen molar-refractivity contribution in [1.82, 2.24) is 9.97 Å². The van der Waals surface area contributed by atoms with E-state index in [4.69, 9.17) is 11.6 Å². The molecule has 0 atom stereocenters. The molecule has 1 rings (SSSR count). The van der Waals surface area contributed by atoms with Crippen LogP contribution >= 0.6 is 11.6 Å². The molecule has 0 unspecified atom stereocenters. The van der Waals surface area contributed by atoms with Gasteiger partial charge in [-0.25, -0.2) is 9.97 Å². The Morgan fingerprint density at radius 2 is 2.00 bits per heavy atom. The Morgan fingerprint density at radius 1 is 1.32 bits per heavy atom. The fourth-order valence-corrected chi connectivity index (χ4v) is 1.69. The maximum atomic E-state index is 12.5. The van der Waals surface area contributed by atoms with E-state index in [9.17, 15) is 13.2 Å². The molecule has 0 saturated heterocycles. The fourth-order valence-electron chi connectivity index (χ4n) is 1.55. The predicted octanol–water partition coefficient (Wildman–Crippen LogP) is 3.95. The number of halogens is 4. The molecule has 0 aliphatic rings. The minimum atomic E-state index is -4.45. The molecule has 1 aromatic heterocycles. The number of alkyl halides is 4. The van der Waals surface area contributed by atoms with Gasteiger partial charge < -0.3 is 5.32 Å². The first-order chi connectivity index (χ1) is 8.74. The number of nitrogens with one attached hydrogen (secondary N) is 1. The second kappa shape index (κ2) is 6.41. The van der Waals surface area contributed by atoms with E-state index in [2.05, 4.69) is 15.3 Å². The summed E-state index contributed by atoms with van der Waals surface area (Å²) < 4.78 is 37.4. The maximum Gasteiger partial charge on any atom is 0.433 e. The maximum absolute atomic E-state index is 12.5. The molecule has 1 aromatic rings. The summed E-state index contributed by atoms with van der Waals surface area (Å²) in [5.74, 6) is 0.567. The molecule has 0 aromatic carbocycles. The first-order valence-electron chi connectivity index (χ1n) is 5.95. The van der Waals surface area contributed by atoms with Crippen LogP contribution in [0.25, 0.3) is 0 Å². The van der Waals surface area contributed by atoms with E-state index in [0.29, 0.717) is 12.4 Å². The van der Waals surface area contributed by atoms with Crippen molar-refractivity contribution < 1.29 is 13.2 Å². The van der Waals surface area contributed by atoms with Crippen LogP contribution in [0.5, 0.6) is 0 Å². The third kappa shape index (κ3) is 5.63. The lowest BCUT2D eigenvalue weighted by molar-refractivity contribution is -0.141. The van der Waals surface area contributed by atoms with Crippen LogP contribution in [0.1, 0.15) is 32.4 Å². The summed E-state index contributed by atoms with van der Waals surface area (Å²) in [6.07, 6.45) is -1.61. The Balaban J connectivity index is 2.63. The quantitative estimate of drug-likeness (QED) is 0.808. The molecular weight excluding hydrogens is 279 g/mol. The fraction of sp³-hybridized carbons (Fsp3) is 0.667. The van der Waals surface area contributed by atoms with Crippen LogP contribution < -0.4 is 5.32 Å². The highest BCUT2D eigenvalue weighted by molar-refractivity contribution is 6.17. The van der Waals surface area contributed by atoms with E-state index in [1.54, 1.807) is 0 Å². The van der Waals surface area contributed by atoms with Gasteiger partial charge in [-0.15, -0.1) is 11.6 Å². The zero-order valence-electron chi connectivity index (χ0n) is 10.9. The van der Waals surface area contributed by atoms with Crippen LogP contribution in [0.2, 0.25) is 0 Å². The molecule has 0 spiro atoms. The standard InChI is InChI=1S/C12H17ClF3N3/c1-11(2,5-3-6-13)8-18-10-17-7-4-9(19-10)12(14,15)16/h4,7H,3,5-6,8H2,1-2H3,(H,17,18,19). The van der Waals surface area contributed by atoms with Crippen LogP contribution in [0, 0.1) is 5.41 Å². The Morgan fingerprint density at radius 3 is 2.58 bits per heavy atom. The van der Waals surface area contributed by atoms with Crippen molar-refractivity contribution in [2.45, 2.75) is 32.9 Å². The molecule has 19 heavy (non-hydrogen) atoms. The molecule has 108 valence electrons. The van der Waals surface area contributed by atoms with Crippen LogP contribution in [0.4, 0.5) is 19.1 Å². The highest BCUT2D eigenvalue weighted by Crippen LogP contribution is 2.28. The lowest BCUT2D eigenvalue weighted by Crippen LogP contribution is -2.24. The Labute approximate surface area is 115 Å². The first kappa shape index (κ1) is 16.0. The molecule has 0 saturated carbocycles. The van der Waals surface area contributed by atoms with E-state index >= 15 is 0 Å². The summed E-state index contributed by atoms with van der Waals surface area (Å²) in [7, 11) is 0. The zero-order valence-corrected chi connectivity index (χ0v) is 11.6. The van der Waals surface area contributed by atoms with Gasteiger partial charge in [-0.05, 0) is 24.3 Å². The minimum Gasteiger partial charge on any atom is -0.354 e. The Bertz CT molecular complexity index is 407. The number of aromatic nitrogens is 2. The average Bonchev–Trinajstić information content (AvgIpc) is 2.34. The van der Waals surface area contributed by atoms with Crippen molar-refractivity contribution in [3.05, 3.63) is 18.0 Å². The lowest BCUT2D eigenvalue weighted by Gasteiger charge is -2.24. The SMILES string of the molecule is CC(C)(CCCCl)CNc1nccc(C(F)(F)F)n1. The lowest BCUT2D eigenvalue weighted by atomic mass is 9.88. The molecule has 1 heterocycles. The Hall–Kier alpha value is -1.04. The molecule has 0 radical (unpaired) electrons. The van der Waals surface area contributed by atoms with Crippen molar-refractivity contribution in [2.75, 3.05) is 17.7 Å². The van der Waals surface area contributed by atoms with Gasteiger partial charge in [-0.3, -0.25) is 0 Å². The second-order valence-electron chi connectivity index (χ2n) is 5.07. The van der Waals surface area contributed by atoms with Gasteiger partial charge in [0.1, 0.15) is 5.69 Å². The van der Waals surface area contributed by atoms with Crippen molar-refractivity contribution >= 4 is 17.5 Å². The molecule has 3 nitrogen and oxygen atoms in total. The summed E-state index contributed by atoms with van der Waals surface area (Å²) in [5.41, 5.74) is -1.02. The number of nitrogens with zero attached hydrogens (tertiary/aromatic N) is 2. The number of hydrogen-bond donors (Lipinski definition) is 1. The molecule has 0 aliphatic heterocycles. The minimum absolute atomic E-state index is 0.00577. The van der Waals surface area contributed by atoms with E-state index in [1.807, 2.05) is 13.8 Å². The van der Waals surface area contributed by atoms with Crippen LogP contribution in [-0.4, -0.2) is 22.4 Å². The third-order valence-electron chi connectivity index (χ3n) is 2.66. The van der Waals surface area contributed by atoms with Crippen molar-refractivity contribution in [3.8, 4) is 0 Å².